The molecule has 0 saturated heterocycles. The molecule has 81 heavy (non-hydrogen) atoms. The van der Waals surface area contributed by atoms with E-state index in [1.54, 1.807) is 0 Å². The van der Waals surface area contributed by atoms with Gasteiger partial charge in [0.25, 0.3) is 0 Å². The van der Waals surface area contributed by atoms with Crippen molar-refractivity contribution in [3.8, 4) is 0 Å². The average molecular weight is 1140 g/mol. The second-order valence-electron chi connectivity index (χ2n) is 25.6. The van der Waals surface area contributed by atoms with Gasteiger partial charge < -0.3 is 14.2 Å². The van der Waals surface area contributed by atoms with E-state index in [2.05, 4.69) is 32.9 Å². The molecule has 0 saturated carbocycles. The van der Waals surface area contributed by atoms with Crippen LogP contribution in [0.5, 0.6) is 0 Å². The predicted octanol–water partition coefficient (Wildman–Crippen LogP) is 25.6. The molecule has 0 fully saturated rings. The van der Waals surface area contributed by atoms with Crippen LogP contribution in [0.2, 0.25) is 0 Å². The summed E-state index contributed by atoms with van der Waals surface area (Å²) in [4.78, 5) is 38.5. The summed E-state index contributed by atoms with van der Waals surface area (Å²) in [5, 5.41) is 0. The fourth-order valence-electron chi connectivity index (χ4n) is 11.7. The Balaban J connectivity index is 4.15. The summed E-state index contributed by atoms with van der Waals surface area (Å²) < 4.78 is 17.0. The molecule has 0 amide bonds. The van der Waals surface area contributed by atoms with Gasteiger partial charge in [0.2, 0.25) is 0 Å². The van der Waals surface area contributed by atoms with E-state index in [-0.39, 0.29) is 31.1 Å². The van der Waals surface area contributed by atoms with Crippen molar-refractivity contribution in [1.82, 2.24) is 0 Å². The van der Waals surface area contributed by atoms with E-state index in [9.17, 15) is 14.4 Å². The molecule has 0 radical (unpaired) electrons. The molecule has 6 nitrogen and oxygen atoms in total. The topological polar surface area (TPSA) is 78.9 Å². The monoisotopic (exact) mass is 1140 g/mol. The van der Waals surface area contributed by atoms with Gasteiger partial charge in [0.1, 0.15) is 13.2 Å². The molecule has 1 atom stereocenters. The van der Waals surface area contributed by atoms with E-state index in [1.807, 2.05) is 0 Å². The average Bonchev–Trinajstić information content (AvgIpc) is 3.46. The summed E-state index contributed by atoms with van der Waals surface area (Å²) in [7, 11) is 0. The van der Waals surface area contributed by atoms with Crippen LogP contribution >= 0.6 is 0 Å². The Morgan fingerprint density at radius 1 is 0.235 bits per heavy atom. The third-order valence-corrected chi connectivity index (χ3v) is 17.3. The minimum absolute atomic E-state index is 0.0618. The van der Waals surface area contributed by atoms with Crippen LogP contribution in [0.15, 0.2) is 12.2 Å². The molecule has 0 spiro atoms. The molecule has 0 aromatic rings. The highest BCUT2D eigenvalue weighted by molar-refractivity contribution is 5.71. The van der Waals surface area contributed by atoms with Gasteiger partial charge in [-0.15, -0.1) is 0 Å². The molecule has 0 rings (SSSR count). The Hall–Kier alpha value is -1.85. The Morgan fingerprint density at radius 2 is 0.407 bits per heavy atom. The third-order valence-electron chi connectivity index (χ3n) is 17.3. The van der Waals surface area contributed by atoms with Crippen LogP contribution in [-0.4, -0.2) is 37.2 Å². The highest BCUT2D eigenvalue weighted by atomic mass is 16.6. The van der Waals surface area contributed by atoms with Crippen molar-refractivity contribution in [1.29, 1.82) is 0 Å². The third kappa shape index (κ3) is 68.8. The Kier molecular flexibility index (Phi) is 69.0. The number of hydrogen-bond donors (Lipinski definition) is 0. The number of unbranched alkanes of at least 4 members (excludes halogenated alkanes) is 57. The molecule has 0 bridgehead atoms. The standard InChI is InChI=1S/C75H144O6/c1-4-7-10-13-16-19-22-25-27-29-31-33-34-35-36-37-38-39-40-42-43-45-47-50-53-56-59-62-65-68-74(77)80-71-72(70-79-73(76)67-64-61-58-55-52-49-24-21-18-15-12-9-6-3)81-75(78)69-66-63-60-57-54-51-48-46-44-41-32-30-28-26-23-20-17-14-11-8-5-2/h29,31,72H,4-28,30,32-71H2,1-3H3/b31-29-. The van der Waals surface area contributed by atoms with Crippen molar-refractivity contribution in [2.24, 2.45) is 0 Å². The molecular formula is C75H144O6. The minimum atomic E-state index is -0.765. The van der Waals surface area contributed by atoms with E-state index in [0.29, 0.717) is 19.3 Å². The lowest BCUT2D eigenvalue weighted by Crippen LogP contribution is -2.30. The maximum Gasteiger partial charge on any atom is 0.306 e. The maximum absolute atomic E-state index is 13.0. The molecule has 480 valence electrons. The van der Waals surface area contributed by atoms with Crippen LogP contribution in [0.3, 0.4) is 0 Å². The summed E-state index contributed by atoms with van der Waals surface area (Å²) in [5.41, 5.74) is 0. The van der Waals surface area contributed by atoms with Crippen LogP contribution in [-0.2, 0) is 28.6 Å². The van der Waals surface area contributed by atoms with Crippen LogP contribution in [0.25, 0.3) is 0 Å². The van der Waals surface area contributed by atoms with Gasteiger partial charge >= 0.3 is 17.9 Å². The van der Waals surface area contributed by atoms with Gasteiger partial charge in [-0.25, -0.2) is 0 Å². The van der Waals surface area contributed by atoms with Gasteiger partial charge in [0.05, 0.1) is 0 Å². The first-order chi connectivity index (χ1) is 40.0. The van der Waals surface area contributed by atoms with Crippen molar-refractivity contribution in [2.75, 3.05) is 13.2 Å². The van der Waals surface area contributed by atoms with Gasteiger partial charge in [-0.3, -0.25) is 14.4 Å². The first-order valence-corrected chi connectivity index (χ1v) is 37.2. The lowest BCUT2D eigenvalue weighted by atomic mass is 10.0. The molecule has 1 unspecified atom stereocenters. The van der Waals surface area contributed by atoms with Gasteiger partial charge in [-0.1, -0.05) is 380 Å². The van der Waals surface area contributed by atoms with Gasteiger partial charge in [-0.05, 0) is 44.9 Å². The van der Waals surface area contributed by atoms with E-state index < -0.39 is 6.10 Å². The van der Waals surface area contributed by atoms with E-state index in [4.69, 9.17) is 14.2 Å². The fraction of sp³-hybridized carbons (Fsp3) is 0.933. The van der Waals surface area contributed by atoms with Gasteiger partial charge in [0, 0.05) is 19.3 Å². The summed E-state index contributed by atoms with van der Waals surface area (Å²) >= 11 is 0. The molecule has 0 aromatic carbocycles. The van der Waals surface area contributed by atoms with Crippen LogP contribution in [0, 0.1) is 0 Å². The lowest BCUT2D eigenvalue weighted by Gasteiger charge is -2.18. The molecular weight excluding hydrogens is 997 g/mol. The fourth-order valence-corrected chi connectivity index (χ4v) is 11.7. The normalized spacial score (nSPS) is 12.0. The number of carbonyl (C=O) groups excluding carboxylic acids is 3. The largest absolute Gasteiger partial charge is 0.462 e. The number of esters is 3. The Bertz CT molecular complexity index is 1260. The molecule has 0 aliphatic carbocycles. The van der Waals surface area contributed by atoms with Crippen molar-refractivity contribution < 1.29 is 28.6 Å². The van der Waals surface area contributed by atoms with Crippen molar-refractivity contribution in [3.05, 3.63) is 12.2 Å². The Morgan fingerprint density at radius 3 is 0.617 bits per heavy atom. The zero-order valence-electron chi connectivity index (χ0n) is 55.4. The van der Waals surface area contributed by atoms with Crippen LogP contribution < -0.4 is 0 Å². The van der Waals surface area contributed by atoms with Gasteiger partial charge in [0.15, 0.2) is 6.10 Å². The van der Waals surface area contributed by atoms with Crippen molar-refractivity contribution in [3.63, 3.8) is 0 Å². The van der Waals surface area contributed by atoms with E-state index >= 15 is 0 Å². The molecule has 0 aromatic heterocycles. The molecule has 0 aliphatic heterocycles. The lowest BCUT2D eigenvalue weighted by molar-refractivity contribution is -0.167. The summed E-state index contributed by atoms with van der Waals surface area (Å²) in [6.45, 7) is 6.74. The zero-order valence-corrected chi connectivity index (χ0v) is 55.4. The first-order valence-electron chi connectivity index (χ1n) is 37.2. The number of ether oxygens (including phenoxy) is 3. The highest BCUT2D eigenvalue weighted by Gasteiger charge is 2.20. The molecule has 0 heterocycles. The van der Waals surface area contributed by atoms with Crippen LogP contribution in [0.4, 0.5) is 0 Å². The van der Waals surface area contributed by atoms with Crippen LogP contribution in [0.1, 0.15) is 432 Å². The van der Waals surface area contributed by atoms with E-state index in [1.165, 1.54) is 334 Å². The zero-order chi connectivity index (χ0) is 58.5. The molecule has 6 heteroatoms. The second kappa shape index (κ2) is 70.6. The second-order valence-corrected chi connectivity index (χ2v) is 25.6. The predicted molar refractivity (Wildman–Crippen MR) is 353 cm³/mol. The SMILES string of the molecule is CCCCCCCCCC/C=C\CCCCCCCCCCCCCCCCCCCC(=O)OCC(COC(=O)CCCCCCCCCCCCCCC)OC(=O)CCCCCCCCCCCCCCCCCCCCCCC. The Labute approximate surface area is 507 Å². The summed E-state index contributed by atoms with van der Waals surface area (Å²) in [6.07, 6.45) is 85.4. The molecule has 0 N–H and O–H groups in total. The maximum atomic E-state index is 13.0. The number of allylic oxidation sites excluding steroid dienone is 2. The number of hydrogen-bond acceptors (Lipinski definition) is 6. The van der Waals surface area contributed by atoms with E-state index in [0.717, 1.165) is 57.8 Å². The smallest absolute Gasteiger partial charge is 0.306 e. The highest BCUT2D eigenvalue weighted by Crippen LogP contribution is 2.19. The minimum Gasteiger partial charge on any atom is -0.462 e. The summed E-state index contributed by atoms with van der Waals surface area (Å²) in [5.74, 6) is -0.823. The number of carbonyl (C=O) groups is 3. The van der Waals surface area contributed by atoms with Crippen molar-refractivity contribution in [2.45, 2.75) is 438 Å². The quantitative estimate of drug-likeness (QED) is 0.0261. The van der Waals surface area contributed by atoms with Gasteiger partial charge in [-0.2, -0.15) is 0 Å². The molecule has 0 aliphatic rings. The number of rotatable bonds is 70. The van der Waals surface area contributed by atoms with Crippen molar-refractivity contribution >= 4 is 17.9 Å². The summed E-state index contributed by atoms with van der Waals surface area (Å²) in [6, 6.07) is 0. The first kappa shape index (κ1) is 79.2.